The van der Waals surface area contributed by atoms with Crippen LogP contribution in [0.3, 0.4) is 0 Å². The molecule has 0 aliphatic rings. The van der Waals surface area contributed by atoms with Crippen molar-refractivity contribution in [2.45, 2.75) is 13.2 Å². The summed E-state index contributed by atoms with van der Waals surface area (Å²) in [7, 11) is 1.72. The number of nitrogens with one attached hydrogen (secondary N) is 1. The van der Waals surface area contributed by atoms with Gasteiger partial charge in [-0.2, -0.15) is 0 Å². The molecule has 2 aromatic carbocycles. The van der Waals surface area contributed by atoms with E-state index in [1.165, 1.54) is 4.68 Å². The Morgan fingerprint density at radius 3 is 2.50 bits per heavy atom. The Morgan fingerprint density at radius 2 is 1.83 bits per heavy atom. The summed E-state index contributed by atoms with van der Waals surface area (Å²) in [6, 6.07) is 17.7. The summed E-state index contributed by atoms with van der Waals surface area (Å²) in [5, 5.41) is 10.3. The van der Waals surface area contributed by atoms with Crippen molar-refractivity contribution in [2.24, 2.45) is 7.05 Å². The number of hydrogen-bond donors (Lipinski definition) is 1. The second kappa shape index (κ2) is 7.41. The van der Waals surface area contributed by atoms with Crippen LogP contribution in [0, 0.1) is 0 Å². The van der Waals surface area contributed by atoms with Crippen LogP contribution in [0.15, 0.2) is 60.8 Å². The first-order valence-corrected chi connectivity index (χ1v) is 7.61. The second-order valence-corrected chi connectivity index (χ2v) is 5.38. The van der Waals surface area contributed by atoms with Crippen LogP contribution in [0.4, 0.5) is 0 Å². The number of ether oxygens (including phenoxy) is 1. The van der Waals surface area contributed by atoms with Gasteiger partial charge in [0.15, 0.2) is 5.69 Å². The third-order valence-corrected chi connectivity index (χ3v) is 3.46. The zero-order chi connectivity index (χ0) is 16.8. The van der Waals surface area contributed by atoms with Gasteiger partial charge >= 0.3 is 0 Å². The van der Waals surface area contributed by atoms with Crippen molar-refractivity contribution in [3.63, 3.8) is 0 Å². The Hall–Kier alpha value is -3.15. The highest BCUT2D eigenvalue weighted by atomic mass is 16.5. The quantitative estimate of drug-likeness (QED) is 0.756. The smallest absolute Gasteiger partial charge is 0.273 e. The van der Waals surface area contributed by atoms with Gasteiger partial charge in [-0.3, -0.25) is 9.48 Å². The maximum absolute atomic E-state index is 11.9. The van der Waals surface area contributed by atoms with Crippen LogP contribution >= 0.6 is 0 Å². The third-order valence-electron chi connectivity index (χ3n) is 3.46. The summed E-state index contributed by atoms with van der Waals surface area (Å²) < 4.78 is 7.23. The molecule has 6 nitrogen and oxygen atoms in total. The standard InChI is InChI=1S/C18H18N4O2/c1-22-12-17(20-21-22)18(23)19-11-14-7-9-16(10-8-14)24-13-15-5-3-2-4-6-15/h2-10,12H,11,13H2,1H3,(H,19,23). The number of aryl methyl sites for hydroxylation is 1. The molecule has 0 fully saturated rings. The van der Waals surface area contributed by atoms with Gasteiger partial charge < -0.3 is 10.1 Å². The van der Waals surface area contributed by atoms with Gasteiger partial charge in [-0.15, -0.1) is 5.10 Å². The van der Waals surface area contributed by atoms with Gasteiger partial charge in [0, 0.05) is 13.6 Å². The number of carbonyl (C=O) groups excluding carboxylic acids is 1. The molecular weight excluding hydrogens is 304 g/mol. The Labute approximate surface area is 140 Å². The number of carbonyl (C=O) groups is 1. The second-order valence-electron chi connectivity index (χ2n) is 5.38. The first kappa shape index (κ1) is 15.7. The maximum atomic E-state index is 11.9. The molecule has 3 aromatic rings. The number of nitrogens with zero attached hydrogens (tertiary/aromatic N) is 3. The van der Waals surface area contributed by atoms with Gasteiger partial charge in [0.2, 0.25) is 0 Å². The highest BCUT2D eigenvalue weighted by Crippen LogP contribution is 2.14. The van der Waals surface area contributed by atoms with Crippen LogP contribution in [-0.4, -0.2) is 20.9 Å². The van der Waals surface area contributed by atoms with E-state index in [0.29, 0.717) is 18.8 Å². The van der Waals surface area contributed by atoms with Crippen LogP contribution in [-0.2, 0) is 20.2 Å². The summed E-state index contributed by atoms with van der Waals surface area (Å²) in [6.07, 6.45) is 1.58. The van der Waals surface area contributed by atoms with E-state index in [4.69, 9.17) is 4.74 Å². The molecule has 3 rings (SSSR count). The molecule has 0 bridgehead atoms. The first-order chi connectivity index (χ1) is 11.7. The predicted octanol–water partition coefficient (Wildman–Crippen LogP) is 2.32. The van der Waals surface area contributed by atoms with E-state index in [2.05, 4.69) is 15.6 Å². The highest BCUT2D eigenvalue weighted by molar-refractivity contribution is 5.91. The van der Waals surface area contributed by atoms with Crippen molar-refractivity contribution in [2.75, 3.05) is 0 Å². The Morgan fingerprint density at radius 1 is 1.08 bits per heavy atom. The van der Waals surface area contributed by atoms with Crippen molar-refractivity contribution in [3.05, 3.63) is 77.6 Å². The number of hydrogen-bond acceptors (Lipinski definition) is 4. The van der Waals surface area contributed by atoms with Crippen molar-refractivity contribution in [1.29, 1.82) is 0 Å². The lowest BCUT2D eigenvalue weighted by Crippen LogP contribution is -2.23. The monoisotopic (exact) mass is 322 g/mol. The van der Waals surface area contributed by atoms with Gasteiger partial charge in [-0.1, -0.05) is 47.7 Å². The molecule has 0 aliphatic heterocycles. The van der Waals surface area contributed by atoms with Gasteiger partial charge in [0.1, 0.15) is 12.4 Å². The molecule has 0 radical (unpaired) electrons. The number of amides is 1. The highest BCUT2D eigenvalue weighted by Gasteiger charge is 2.09. The van der Waals surface area contributed by atoms with E-state index in [0.717, 1.165) is 16.9 Å². The molecule has 1 heterocycles. The SMILES string of the molecule is Cn1cc(C(=O)NCc2ccc(OCc3ccccc3)cc2)nn1. The molecular formula is C18H18N4O2. The van der Waals surface area contributed by atoms with Crippen molar-refractivity contribution in [3.8, 4) is 5.75 Å². The summed E-state index contributed by atoms with van der Waals surface area (Å²) in [5.41, 5.74) is 2.41. The molecule has 1 amide bonds. The predicted molar refractivity (Wildman–Crippen MR) is 89.4 cm³/mol. The third kappa shape index (κ3) is 4.19. The van der Waals surface area contributed by atoms with Crippen LogP contribution in [0.2, 0.25) is 0 Å². The zero-order valence-corrected chi connectivity index (χ0v) is 13.3. The summed E-state index contributed by atoms with van der Waals surface area (Å²) in [5.74, 6) is 0.551. The summed E-state index contributed by atoms with van der Waals surface area (Å²) in [4.78, 5) is 11.9. The fraction of sp³-hybridized carbons (Fsp3) is 0.167. The van der Waals surface area contributed by atoms with Crippen LogP contribution in [0.5, 0.6) is 5.75 Å². The lowest BCUT2D eigenvalue weighted by Gasteiger charge is -2.08. The van der Waals surface area contributed by atoms with Gasteiger partial charge in [0.25, 0.3) is 5.91 Å². The van der Waals surface area contributed by atoms with Crippen molar-refractivity contribution >= 4 is 5.91 Å². The maximum Gasteiger partial charge on any atom is 0.273 e. The van der Waals surface area contributed by atoms with E-state index in [1.807, 2.05) is 54.6 Å². The largest absolute Gasteiger partial charge is 0.489 e. The van der Waals surface area contributed by atoms with Crippen molar-refractivity contribution < 1.29 is 9.53 Å². The molecule has 6 heteroatoms. The van der Waals surface area contributed by atoms with E-state index < -0.39 is 0 Å². The fourth-order valence-electron chi connectivity index (χ4n) is 2.17. The Kier molecular flexibility index (Phi) is 4.86. The number of rotatable bonds is 6. The lowest BCUT2D eigenvalue weighted by molar-refractivity contribution is 0.0946. The van der Waals surface area contributed by atoms with Gasteiger partial charge in [0.05, 0.1) is 6.20 Å². The minimum atomic E-state index is -0.243. The minimum Gasteiger partial charge on any atom is -0.489 e. The Balaban J connectivity index is 1.50. The lowest BCUT2D eigenvalue weighted by atomic mass is 10.2. The zero-order valence-electron chi connectivity index (χ0n) is 13.3. The van der Waals surface area contributed by atoms with Crippen LogP contribution < -0.4 is 10.1 Å². The average Bonchev–Trinajstić information content (AvgIpc) is 3.06. The normalized spacial score (nSPS) is 10.4. The average molecular weight is 322 g/mol. The molecule has 122 valence electrons. The Bertz CT molecular complexity index is 797. The molecule has 0 saturated heterocycles. The van der Waals surface area contributed by atoms with E-state index in [1.54, 1.807) is 13.2 Å². The molecule has 0 aliphatic carbocycles. The molecule has 0 saturated carbocycles. The van der Waals surface area contributed by atoms with E-state index >= 15 is 0 Å². The topological polar surface area (TPSA) is 69.0 Å². The van der Waals surface area contributed by atoms with Crippen molar-refractivity contribution in [1.82, 2.24) is 20.3 Å². The molecule has 24 heavy (non-hydrogen) atoms. The van der Waals surface area contributed by atoms with Gasteiger partial charge in [-0.05, 0) is 23.3 Å². The number of aromatic nitrogens is 3. The number of benzene rings is 2. The first-order valence-electron chi connectivity index (χ1n) is 7.61. The summed E-state index contributed by atoms with van der Waals surface area (Å²) in [6.45, 7) is 0.956. The summed E-state index contributed by atoms with van der Waals surface area (Å²) >= 11 is 0. The van der Waals surface area contributed by atoms with Crippen LogP contribution in [0.25, 0.3) is 0 Å². The van der Waals surface area contributed by atoms with E-state index in [9.17, 15) is 4.79 Å². The fourth-order valence-corrected chi connectivity index (χ4v) is 2.17. The molecule has 0 spiro atoms. The van der Waals surface area contributed by atoms with Gasteiger partial charge in [-0.25, -0.2) is 0 Å². The van der Waals surface area contributed by atoms with Crippen LogP contribution in [0.1, 0.15) is 21.6 Å². The molecule has 1 N–H and O–H groups in total. The molecule has 1 aromatic heterocycles. The molecule has 0 unspecified atom stereocenters. The minimum absolute atomic E-state index is 0.243. The van der Waals surface area contributed by atoms with E-state index in [-0.39, 0.29) is 5.91 Å². The molecule has 0 atom stereocenters.